The number of pyridine rings is 1. The number of nitrogens with one attached hydrogen (secondary N) is 1. The lowest BCUT2D eigenvalue weighted by Gasteiger charge is -2.28. The normalized spacial score (nSPS) is 17.0. The number of carbonyl (C=O) groups is 2. The van der Waals surface area contributed by atoms with E-state index in [1.165, 1.54) is 6.20 Å². The molecule has 1 heterocycles. The van der Waals surface area contributed by atoms with Gasteiger partial charge in [0.05, 0.1) is 10.6 Å². The minimum atomic E-state index is -0.624. The molecule has 1 fully saturated rings. The summed E-state index contributed by atoms with van der Waals surface area (Å²) in [5.41, 5.74) is 0.159. The van der Waals surface area contributed by atoms with Gasteiger partial charge in [0.1, 0.15) is 11.6 Å². The molecule has 0 unspecified atom stereocenters. The Bertz CT molecular complexity index is 897. The summed E-state index contributed by atoms with van der Waals surface area (Å²) in [6.45, 7) is 5.51. The van der Waals surface area contributed by atoms with Crippen LogP contribution in [0, 0.1) is 11.2 Å². The summed E-state index contributed by atoms with van der Waals surface area (Å²) in [6.07, 6.45) is 5.25. The van der Waals surface area contributed by atoms with Crippen LogP contribution in [0.25, 0.3) is 0 Å². The monoisotopic (exact) mass is 402 g/mol. The maximum Gasteiger partial charge on any atom is 0.199 e. The molecule has 6 heteroatoms. The molecule has 1 saturated carbocycles. The van der Waals surface area contributed by atoms with Crippen molar-refractivity contribution in [3.8, 4) is 0 Å². The van der Waals surface area contributed by atoms with E-state index < -0.39 is 11.6 Å². The zero-order valence-electron chi connectivity index (χ0n) is 16.3. The largest absolute Gasteiger partial charge is 0.306 e. The van der Waals surface area contributed by atoms with Crippen LogP contribution in [0.3, 0.4) is 0 Å². The van der Waals surface area contributed by atoms with Gasteiger partial charge in [-0.2, -0.15) is 0 Å². The van der Waals surface area contributed by atoms with Crippen molar-refractivity contribution >= 4 is 23.2 Å². The molecule has 0 bridgehead atoms. The molecule has 1 aliphatic carbocycles. The smallest absolute Gasteiger partial charge is 0.199 e. The molecule has 3 rings (SSSR count). The second kappa shape index (κ2) is 8.10. The average Bonchev–Trinajstić information content (AvgIpc) is 3.49. The highest BCUT2D eigenvalue weighted by Gasteiger charge is 2.51. The van der Waals surface area contributed by atoms with Crippen LogP contribution < -0.4 is 5.32 Å². The van der Waals surface area contributed by atoms with Crippen LogP contribution in [0.1, 0.15) is 67.6 Å². The molecule has 0 radical (unpaired) electrons. The Hall–Kier alpha value is -2.11. The van der Waals surface area contributed by atoms with E-state index in [0.717, 1.165) is 12.8 Å². The summed E-state index contributed by atoms with van der Waals surface area (Å²) in [4.78, 5) is 28.7. The molecule has 148 valence electrons. The van der Waals surface area contributed by atoms with Crippen molar-refractivity contribution in [1.82, 2.24) is 10.3 Å². The molecule has 0 saturated heterocycles. The predicted molar refractivity (Wildman–Crippen MR) is 107 cm³/mol. The van der Waals surface area contributed by atoms with Gasteiger partial charge in [-0.1, -0.05) is 24.6 Å². The fourth-order valence-corrected chi connectivity index (χ4v) is 4.03. The van der Waals surface area contributed by atoms with E-state index in [1.807, 2.05) is 13.8 Å². The van der Waals surface area contributed by atoms with E-state index in [-0.39, 0.29) is 39.4 Å². The molecule has 0 aliphatic heterocycles. The SMILES string of the molecule is CC[C@@H](N[C@H](C)C1(C(C)=O)CC1)c1ccc(Cl)c(C(=O)c2cccnc2)c1F. The van der Waals surface area contributed by atoms with Gasteiger partial charge in [0.25, 0.3) is 0 Å². The van der Waals surface area contributed by atoms with Crippen molar-refractivity contribution in [3.63, 3.8) is 0 Å². The fourth-order valence-electron chi connectivity index (χ4n) is 3.80. The summed E-state index contributed by atoms with van der Waals surface area (Å²) in [7, 11) is 0. The Kier molecular flexibility index (Phi) is 5.96. The van der Waals surface area contributed by atoms with Crippen LogP contribution >= 0.6 is 11.6 Å². The lowest BCUT2D eigenvalue weighted by Crippen LogP contribution is -2.41. The van der Waals surface area contributed by atoms with Gasteiger partial charge in [0.15, 0.2) is 5.78 Å². The van der Waals surface area contributed by atoms with Gasteiger partial charge in [0.2, 0.25) is 0 Å². The first-order valence-corrected chi connectivity index (χ1v) is 9.89. The van der Waals surface area contributed by atoms with E-state index in [9.17, 15) is 9.59 Å². The lowest BCUT2D eigenvalue weighted by atomic mass is 9.91. The summed E-state index contributed by atoms with van der Waals surface area (Å²) in [6, 6.07) is 5.96. The van der Waals surface area contributed by atoms with Crippen molar-refractivity contribution < 1.29 is 14.0 Å². The van der Waals surface area contributed by atoms with E-state index in [4.69, 9.17) is 11.6 Å². The lowest BCUT2D eigenvalue weighted by molar-refractivity contribution is -0.123. The van der Waals surface area contributed by atoms with Crippen molar-refractivity contribution in [3.05, 3.63) is 64.2 Å². The second-order valence-electron chi connectivity index (χ2n) is 7.46. The molecule has 1 N–H and O–H groups in total. The number of hydrogen-bond acceptors (Lipinski definition) is 4. The Morgan fingerprint density at radius 3 is 2.57 bits per heavy atom. The summed E-state index contributed by atoms with van der Waals surface area (Å²) < 4.78 is 15.4. The zero-order chi connectivity index (χ0) is 20.5. The molecule has 28 heavy (non-hydrogen) atoms. The molecular formula is C22H24ClFN2O2. The van der Waals surface area contributed by atoms with Crippen molar-refractivity contribution in [2.45, 2.75) is 52.1 Å². The first-order chi connectivity index (χ1) is 13.3. The molecule has 2 atom stereocenters. The van der Waals surface area contributed by atoms with E-state index >= 15 is 4.39 Å². The van der Waals surface area contributed by atoms with Crippen LogP contribution in [-0.2, 0) is 4.79 Å². The van der Waals surface area contributed by atoms with E-state index in [1.54, 1.807) is 37.4 Å². The quantitative estimate of drug-likeness (QED) is 0.638. The van der Waals surface area contributed by atoms with Crippen LogP contribution in [-0.4, -0.2) is 22.6 Å². The highest BCUT2D eigenvalue weighted by molar-refractivity contribution is 6.35. The molecule has 1 aliphatic rings. The first-order valence-electron chi connectivity index (χ1n) is 9.51. The van der Waals surface area contributed by atoms with Gasteiger partial charge in [0, 0.05) is 41.0 Å². The maximum absolute atomic E-state index is 15.4. The van der Waals surface area contributed by atoms with Crippen molar-refractivity contribution in [1.29, 1.82) is 0 Å². The third-order valence-electron chi connectivity index (χ3n) is 5.83. The third kappa shape index (κ3) is 3.74. The summed E-state index contributed by atoms with van der Waals surface area (Å²) in [5.74, 6) is -0.963. The maximum atomic E-state index is 15.4. The minimum absolute atomic E-state index is 0.0698. The predicted octanol–water partition coefficient (Wildman–Crippen LogP) is 4.90. The average molecular weight is 403 g/mol. The molecule has 2 aromatic rings. The zero-order valence-corrected chi connectivity index (χ0v) is 17.0. The van der Waals surface area contributed by atoms with Gasteiger partial charge in [-0.25, -0.2) is 4.39 Å². The van der Waals surface area contributed by atoms with Crippen molar-refractivity contribution in [2.24, 2.45) is 5.41 Å². The van der Waals surface area contributed by atoms with Gasteiger partial charge in [-0.15, -0.1) is 0 Å². The highest BCUT2D eigenvalue weighted by Crippen LogP contribution is 2.50. The number of benzene rings is 1. The minimum Gasteiger partial charge on any atom is -0.306 e. The van der Waals surface area contributed by atoms with Crippen LogP contribution in [0.15, 0.2) is 36.7 Å². The molecule has 0 amide bonds. The van der Waals surface area contributed by atoms with E-state index in [2.05, 4.69) is 10.3 Å². The van der Waals surface area contributed by atoms with Gasteiger partial charge >= 0.3 is 0 Å². The van der Waals surface area contributed by atoms with Gasteiger partial charge < -0.3 is 5.32 Å². The Labute approximate surface area is 169 Å². The topological polar surface area (TPSA) is 59.1 Å². The van der Waals surface area contributed by atoms with Crippen molar-refractivity contribution in [2.75, 3.05) is 0 Å². The Morgan fingerprint density at radius 1 is 1.32 bits per heavy atom. The number of aromatic nitrogens is 1. The number of halogens is 2. The summed E-state index contributed by atoms with van der Waals surface area (Å²) >= 11 is 6.18. The van der Waals surface area contributed by atoms with E-state index in [0.29, 0.717) is 12.0 Å². The second-order valence-corrected chi connectivity index (χ2v) is 7.87. The number of Topliss-reactive ketones (excluding diaryl/α,β-unsaturated/α-hetero) is 1. The fraction of sp³-hybridized carbons (Fsp3) is 0.409. The van der Waals surface area contributed by atoms with Crippen LogP contribution in [0.2, 0.25) is 5.02 Å². The standard InChI is InChI=1S/C22H24ClFN2O2/c1-4-18(26-13(2)22(9-10-22)14(3)27)16-7-8-17(23)19(20(16)24)21(28)15-6-5-11-25-12-15/h5-8,11-13,18,26H,4,9-10H2,1-3H3/t13-,18-/m1/s1. The Balaban J connectivity index is 1.93. The molecule has 4 nitrogen and oxygen atoms in total. The van der Waals surface area contributed by atoms with Gasteiger partial charge in [-0.05, 0) is 51.3 Å². The number of carbonyl (C=O) groups excluding carboxylic acids is 2. The molecule has 1 aromatic carbocycles. The van der Waals surface area contributed by atoms with Crippen LogP contribution in [0.5, 0.6) is 0 Å². The number of hydrogen-bond donors (Lipinski definition) is 1. The molecular weight excluding hydrogens is 379 g/mol. The first kappa shape index (κ1) is 20.6. The third-order valence-corrected chi connectivity index (χ3v) is 6.14. The number of ketones is 2. The number of nitrogens with zero attached hydrogens (tertiary/aromatic N) is 1. The van der Waals surface area contributed by atoms with Crippen LogP contribution in [0.4, 0.5) is 4.39 Å². The highest BCUT2D eigenvalue weighted by atomic mass is 35.5. The number of rotatable bonds is 8. The van der Waals surface area contributed by atoms with Gasteiger partial charge in [-0.3, -0.25) is 14.6 Å². The molecule has 0 spiro atoms. The Morgan fingerprint density at radius 2 is 2.04 bits per heavy atom. The molecule has 1 aromatic heterocycles. The summed E-state index contributed by atoms with van der Waals surface area (Å²) in [5, 5.41) is 3.48.